The number of carboxylic acids is 1. The molecule has 1 aliphatic heterocycles. The van der Waals surface area contributed by atoms with Crippen molar-refractivity contribution in [2.24, 2.45) is 5.41 Å². The van der Waals surface area contributed by atoms with Crippen LogP contribution < -0.4 is 4.74 Å². The highest BCUT2D eigenvalue weighted by atomic mass is 32.1. The van der Waals surface area contributed by atoms with Crippen molar-refractivity contribution in [2.45, 2.75) is 20.0 Å². The number of halogens is 2. The van der Waals surface area contributed by atoms with Crippen molar-refractivity contribution in [2.75, 3.05) is 26.8 Å². The minimum atomic E-state index is -3.03. The standard InChI is InChI=1S/C14H17F2NO5S/c1-8-5-9(22-13(15)16)10(23-8)11(18)17-4-3-14(6-17,7-21-2)12(19)20/h5,13H,3-4,6-7H2,1-2H3,(H,19,20). The summed E-state index contributed by atoms with van der Waals surface area (Å²) < 4.78 is 34.2. The van der Waals surface area contributed by atoms with Crippen LogP contribution in [0, 0.1) is 12.3 Å². The summed E-state index contributed by atoms with van der Waals surface area (Å²) >= 11 is 1.04. The van der Waals surface area contributed by atoms with E-state index in [-0.39, 0.29) is 36.7 Å². The molecule has 1 unspecified atom stereocenters. The summed E-state index contributed by atoms with van der Waals surface area (Å²) in [5, 5.41) is 9.40. The first kappa shape index (κ1) is 17.6. The van der Waals surface area contributed by atoms with Gasteiger partial charge in [0, 0.05) is 25.1 Å². The number of hydrogen-bond acceptors (Lipinski definition) is 5. The van der Waals surface area contributed by atoms with E-state index in [1.165, 1.54) is 18.1 Å². The summed E-state index contributed by atoms with van der Waals surface area (Å²) in [6, 6.07) is 1.37. The van der Waals surface area contributed by atoms with Crippen molar-refractivity contribution < 1.29 is 33.0 Å². The second kappa shape index (κ2) is 6.79. The number of thiophene rings is 1. The molecule has 0 spiro atoms. The first-order chi connectivity index (χ1) is 10.8. The average molecular weight is 349 g/mol. The maximum Gasteiger partial charge on any atom is 0.387 e. The number of carboxylic acid groups (broad SMARTS) is 1. The van der Waals surface area contributed by atoms with Crippen molar-refractivity contribution in [1.29, 1.82) is 0 Å². The highest BCUT2D eigenvalue weighted by Crippen LogP contribution is 2.36. The first-order valence-corrected chi connectivity index (χ1v) is 7.67. The predicted octanol–water partition coefficient (Wildman–Crippen LogP) is 2.22. The molecule has 1 aromatic heterocycles. The van der Waals surface area contributed by atoms with Gasteiger partial charge in [-0.15, -0.1) is 11.3 Å². The van der Waals surface area contributed by atoms with Crippen molar-refractivity contribution in [3.63, 3.8) is 0 Å². The van der Waals surface area contributed by atoms with Crippen LogP contribution in [0.1, 0.15) is 21.0 Å². The molecular weight excluding hydrogens is 332 g/mol. The number of likely N-dealkylation sites (tertiary alicyclic amines) is 1. The van der Waals surface area contributed by atoms with Crippen molar-refractivity contribution in [3.8, 4) is 5.75 Å². The zero-order valence-electron chi connectivity index (χ0n) is 12.7. The number of nitrogens with zero attached hydrogens (tertiary/aromatic N) is 1. The molecule has 0 saturated carbocycles. The Morgan fingerprint density at radius 1 is 1.52 bits per heavy atom. The number of amides is 1. The lowest BCUT2D eigenvalue weighted by atomic mass is 9.88. The Hall–Kier alpha value is -1.74. The summed E-state index contributed by atoms with van der Waals surface area (Å²) in [6.45, 7) is -1.17. The molecule has 1 atom stereocenters. The van der Waals surface area contributed by atoms with Gasteiger partial charge in [-0.3, -0.25) is 9.59 Å². The fourth-order valence-corrected chi connectivity index (χ4v) is 3.56. The van der Waals surface area contributed by atoms with Gasteiger partial charge in [0.05, 0.1) is 6.61 Å². The molecule has 0 radical (unpaired) electrons. The molecule has 2 heterocycles. The Labute approximate surface area is 135 Å². The second-order valence-corrected chi connectivity index (χ2v) is 6.68. The number of methoxy groups -OCH3 is 1. The minimum Gasteiger partial charge on any atom is -0.481 e. The van der Waals surface area contributed by atoms with Crippen LogP contribution in [0.2, 0.25) is 0 Å². The molecule has 2 rings (SSSR count). The van der Waals surface area contributed by atoms with E-state index in [0.29, 0.717) is 4.88 Å². The molecule has 1 aromatic rings. The van der Waals surface area contributed by atoms with E-state index in [4.69, 9.17) is 4.74 Å². The highest BCUT2D eigenvalue weighted by molar-refractivity contribution is 7.14. The average Bonchev–Trinajstić information content (AvgIpc) is 3.03. The van der Waals surface area contributed by atoms with Crippen LogP contribution in [0.4, 0.5) is 8.78 Å². The van der Waals surface area contributed by atoms with Gasteiger partial charge < -0.3 is 19.5 Å². The van der Waals surface area contributed by atoms with Crippen molar-refractivity contribution >= 4 is 23.2 Å². The molecular formula is C14H17F2NO5S. The molecule has 0 bridgehead atoms. The Kier molecular flexibility index (Phi) is 5.20. The summed E-state index contributed by atoms with van der Waals surface area (Å²) in [5.41, 5.74) is -1.17. The van der Waals surface area contributed by atoms with Crippen LogP contribution in [0.15, 0.2) is 6.07 Å². The molecule has 0 aliphatic carbocycles. The maximum atomic E-state index is 12.6. The van der Waals surface area contributed by atoms with Crippen LogP contribution in [0.5, 0.6) is 5.75 Å². The van der Waals surface area contributed by atoms with Crippen LogP contribution in [0.25, 0.3) is 0 Å². The van der Waals surface area contributed by atoms with Crippen LogP contribution in [-0.2, 0) is 9.53 Å². The molecule has 128 valence electrons. The van der Waals surface area contributed by atoms with E-state index in [1.807, 2.05) is 0 Å². The smallest absolute Gasteiger partial charge is 0.387 e. The molecule has 9 heteroatoms. The minimum absolute atomic E-state index is 0.0179. The third-order valence-corrected chi connectivity index (χ3v) is 4.77. The lowest BCUT2D eigenvalue weighted by Gasteiger charge is -2.23. The Morgan fingerprint density at radius 2 is 2.22 bits per heavy atom. The van der Waals surface area contributed by atoms with Gasteiger partial charge in [0.15, 0.2) is 0 Å². The largest absolute Gasteiger partial charge is 0.481 e. The Balaban J connectivity index is 2.21. The molecule has 6 nitrogen and oxygen atoms in total. The summed E-state index contributed by atoms with van der Waals surface area (Å²) in [7, 11) is 1.40. The van der Waals surface area contributed by atoms with E-state index >= 15 is 0 Å². The number of carbonyl (C=O) groups is 2. The number of ether oxygens (including phenoxy) is 2. The molecule has 1 N–H and O–H groups in total. The van der Waals surface area contributed by atoms with Crippen molar-refractivity contribution in [1.82, 2.24) is 4.90 Å². The number of hydrogen-bond donors (Lipinski definition) is 1. The van der Waals surface area contributed by atoms with Gasteiger partial charge in [0.1, 0.15) is 16.0 Å². The maximum absolute atomic E-state index is 12.6. The van der Waals surface area contributed by atoms with Gasteiger partial charge in [-0.05, 0) is 19.4 Å². The van der Waals surface area contributed by atoms with Gasteiger partial charge in [0.25, 0.3) is 5.91 Å². The molecule has 23 heavy (non-hydrogen) atoms. The van der Waals surface area contributed by atoms with Gasteiger partial charge >= 0.3 is 12.6 Å². The number of aryl methyl sites for hydroxylation is 1. The van der Waals surface area contributed by atoms with Crippen LogP contribution in [0.3, 0.4) is 0 Å². The molecule has 1 amide bonds. The number of rotatable bonds is 6. The van der Waals surface area contributed by atoms with E-state index in [9.17, 15) is 23.5 Å². The van der Waals surface area contributed by atoms with Crippen LogP contribution >= 0.6 is 11.3 Å². The summed E-state index contributed by atoms with van der Waals surface area (Å²) in [4.78, 5) is 26.1. The summed E-state index contributed by atoms with van der Waals surface area (Å²) in [5.74, 6) is -1.72. The number of carbonyl (C=O) groups excluding carboxylic acids is 1. The van der Waals surface area contributed by atoms with E-state index < -0.39 is 23.9 Å². The summed E-state index contributed by atoms with van der Waals surface area (Å²) in [6.07, 6.45) is 0.247. The number of alkyl halides is 2. The second-order valence-electron chi connectivity index (χ2n) is 5.42. The van der Waals surface area contributed by atoms with E-state index in [1.54, 1.807) is 6.92 Å². The van der Waals surface area contributed by atoms with Crippen molar-refractivity contribution in [3.05, 3.63) is 15.8 Å². The molecule has 1 fully saturated rings. The number of aliphatic carboxylic acids is 1. The van der Waals surface area contributed by atoms with Gasteiger partial charge in [-0.1, -0.05) is 0 Å². The lowest BCUT2D eigenvalue weighted by Crippen LogP contribution is -2.40. The quantitative estimate of drug-likeness (QED) is 0.852. The Bertz CT molecular complexity index is 606. The molecule has 0 aromatic carbocycles. The third-order valence-electron chi connectivity index (χ3n) is 3.75. The monoisotopic (exact) mass is 349 g/mol. The fourth-order valence-electron chi connectivity index (χ4n) is 2.64. The highest BCUT2D eigenvalue weighted by Gasteiger charge is 2.47. The van der Waals surface area contributed by atoms with Gasteiger partial charge in [-0.25, -0.2) is 0 Å². The predicted molar refractivity (Wildman–Crippen MR) is 78.2 cm³/mol. The fraction of sp³-hybridized carbons (Fsp3) is 0.571. The van der Waals surface area contributed by atoms with Gasteiger partial charge in [0.2, 0.25) is 0 Å². The third kappa shape index (κ3) is 3.61. The SMILES string of the molecule is COCC1(C(=O)O)CCN(C(=O)c2sc(C)cc2OC(F)F)C1. The zero-order valence-corrected chi connectivity index (χ0v) is 13.5. The molecule has 1 saturated heterocycles. The van der Waals surface area contributed by atoms with E-state index in [2.05, 4.69) is 4.74 Å². The Morgan fingerprint density at radius 3 is 2.78 bits per heavy atom. The van der Waals surface area contributed by atoms with Gasteiger partial charge in [-0.2, -0.15) is 8.78 Å². The van der Waals surface area contributed by atoms with E-state index in [0.717, 1.165) is 11.3 Å². The topological polar surface area (TPSA) is 76.1 Å². The van der Waals surface area contributed by atoms with Crippen LogP contribution in [-0.4, -0.2) is 55.3 Å². The normalized spacial score (nSPS) is 21.0. The lowest BCUT2D eigenvalue weighted by molar-refractivity contribution is -0.151. The molecule has 1 aliphatic rings. The first-order valence-electron chi connectivity index (χ1n) is 6.86. The zero-order chi connectivity index (χ0) is 17.2.